The third-order valence-electron chi connectivity index (χ3n) is 2.44. The molecule has 2 aliphatic rings. The molecule has 2 heterocycles. The van der Waals surface area contributed by atoms with Gasteiger partial charge in [0, 0.05) is 6.42 Å². The number of ether oxygens (including phenoxy) is 2. The van der Waals surface area contributed by atoms with Gasteiger partial charge in [0.05, 0.1) is 25.8 Å². The molecule has 4 nitrogen and oxygen atoms in total. The second kappa shape index (κ2) is 2.80. The number of ketones is 1. The van der Waals surface area contributed by atoms with Crippen LogP contribution in [0.1, 0.15) is 13.3 Å². The monoisotopic (exact) mass is 171 g/mol. The van der Waals surface area contributed by atoms with Gasteiger partial charge in [0.15, 0.2) is 5.79 Å². The van der Waals surface area contributed by atoms with Gasteiger partial charge in [-0.3, -0.25) is 4.79 Å². The van der Waals surface area contributed by atoms with E-state index in [1.165, 1.54) is 0 Å². The molecule has 2 aliphatic heterocycles. The van der Waals surface area contributed by atoms with Crippen LogP contribution < -0.4 is 5.32 Å². The Morgan fingerprint density at radius 3 is 2.67 bits per heavy atom. The Morgan fingerprint density at radius 2 is 2.17 bits per heavy atom. The van der Waals surface area contributed by atoms with Crippen LogP contribution in [0, 0.1) is 0 Å². The number of nitrogens with one attached hydrogen (secondary N) is 1. The topological polar surface area (TPSA) is 47.6 Å². The van der Waals surface area contributed by atoms with E-state index in [2.05, 4.69) is 5.32 Å². The summed E-state index contributed by atoms with van der Waals surface area (Å²) < 4.78 is 10.9. The van der Waals surface area contributed by atoms with E-state index in [1.54, 1.807) is 6.92 Å². The van der Waals surface area contributed by atoms with E-state index in [9.17, 15) is 4.79 Å². The van der Waals surface area contributed by atoms with Crippen LogP contribution in [-0.4, -0.2) is 37.4 Å². The highest BCUT2D eigenvalue weighted by molar-refractivity contribution is 5.81. The lowest BCUT2D eigenvalue weighted by molar-refractivity contribution is -0.143. The van der Waals surface area contributed by atoms with Gasteiger partial charge in [-0.1, -0.05) is 0 Å². The Labute approximate surface area is 71.2 Å². The first-order valence-electron chi connectivity index (χ1n) is 4.24. The molecule has 0 amide bonds. The zero-order chi connectivity index (χ0) is 8.60. The van der Waals surface area contributed by atoms with Crippen LogP contribution in [0.2, 0.25) is 0 Å². The highest BCUT2D eigenvalue weighted by atomic mass is 16.7. The lowest BCUT2D eigenvalue weighted by atomic mass is 10.1. The third kappa shape index (κ3) is 1.26. The van der Waals surface area contributed by atoms with Crippen LogP contribution in [-0.2, 0) is 14.3 Å². The average Bonchev–Trinajstić information content (AvgIpc) is 2.62. The Hall–Kier alpha value is -0.450. The van der Waals surface area contributed by atoms with Gasteiger partial charge in [-0.05, 0) is 6.92 Å². The number of hydrogen-bond donors (Lipinski definition) is 1. The largest absolute Gasteiger partial charge is 0.346 e. The fraction of sp³-hybridized carbons (Fsp3) is 0.875. The van der Waals surface area contributed by atoms with Gasteiger partial charge in [-0.2, -0.15) is 0 Å². The minimum absolute atomic E-state index is 0.0805. The Bertz CT molecular complexity index is 198. The molecule has 2 saturated heterocycles. The van der Waals surface area contributed by atoms with Crippen molar-refractivity contribution in [1.82, 2.24) is 5.32 Å². The molecule has 4 heteroatoms. The summed E-state index contributed by atoms with van der Waals surface area (Å²) >= 11 is 0. The first-order chi connectivity index (χ1) is 5.72. The smallest absolute Gasteiger partial charge is 0.182 e. The van der Waals surface area contributed by atoms with Crippen molar-refractivity contribution in [3.05, 3.63) is 0 Å². The molecule has 1 atom stereocenters. The Morgan fingerprint density at radius 1 is 1.50 bits per heavy atom. The molecule has 68 valence electrons. The summed E-state index contributed by atoms with van der Waals surface area (Å²) in [6.07, 6.45) is 0.655. The summed E-state index contributed by atoms with van der Waals surface area (Å²) in [6.45, 7) is 3.52. The molecule has 0 aromatic rings. The van der Waals surface area contributed by atoms with Gasteiger partial charge in [-0.25, -0.2) is 0 Å². The van der Waals surface area contributed by atoms with Crippen LogP contribution >= 0.6 is 0 Å². The minimum atomic E-state index is -0.490. The summed E-state index contributed by atoms with van der Waals surface area (Å²) in [4.78, 5) is 11.0. The predicted molar refractivity (Wildman–Crippen MR) is 41.7 cm³/mol. The molecule has 0 radical (unpaired) electrons. The molecular weight excluding hydrogens is 158 g/mol. The standard InChI is InChI=1S/C8H13NO3/c1-6(10)7-4-8(5-9-7)11-2-3-12-8/h7,9H,2-5H2,1H3/t7-/m0/s1. The molecule has 1 N–H and O–H groups in total. The molecule has 0 aliphatic carbocycles. The number of carbonyl (C=O) groups excluding carboxylic acids is 1. The molecule has 0 bridgehead atoms. The van der Waals surface area contributed by atoms with Crippen molar-refractivity contribution in [2.45, 2.75) is 25.2 Å². The summed E-state index contributed by atoms with van der Waals surface area (Å²) in [5, 5.41) is 3.09. The van der Waals surface area contributed by atoms with E-state index < -0.39 is 5.79 Å². The lowest BCUT2D eigenvalue weighted by Gasteiger charge is -2.19. The van der Waals surface area contributed by atoms with Crippen LogP contribution in [0.25, 0.3) is 0 Å². The number of carbonyl (C=O) groups is 1. The summed E-state index contributed by atoms with van der Waals surface area (Å²) in [5.41, 5.74) is 0. The SMILES string of the molecule is CC(=O)[C@@H]1CC2(CN1)OCCO2. The van der Waals surface area contributed by atoms with Crippen LogP contribution in [0.5, 0.6) is 0 Å². The molecule has 12 heavy (non-hydrogen) atoms. The van der Waals surface area contributed by atoms with Crippen molar-refractivity contribution in [3.63, 3.8) is 0 Å². The number of rotatable bonds is 1. The molecule has 0 aromatic heterocycles. The Kier molecular flexibility index (Phi) is 1.90. The van der Waals surface area contributed by atoms with Gasteiger partial charge >= 0.3 is 0 Å². The van der Waals surface area contributed by atoms with Gasteiger partial charge in [0.1, 0.15) is 5.78 Å². The second-order valence-corrected chi connectivity index (χ2v) is 3.36. The molecular formula is C8H13NO3. The highest BCUT2D eigenvalue weighted by Crippen LogP contribution is 2.29. The van der Waals surface area contributed by atoms with Gasteiger partial charge < -0.3 is 14.8 Å². The highest BCUT2D eigenvalue weighted by Gasteiger charge is 2.45. The van der Waals surface area contributed by atoms with E-state index >= 15 is 0 Å². The van der Waals surface area contributed by atoms with Crippen molar-refractivity contribution >= 4 is 5.78 Å². The van der Waals surface area contributed by atoms with E-state index in [4.69, 9.17) is 9.47 Å². The van der Waals surface area contributed by atoms with Gasteiger partial charge in [0.25, 0.3) is 0 Å². The zero-order valence-corrected chi connectivity index (χ0v) is 7.13. The lowest BCUT2D eigenvalue weighted by Crippen LogP contribution is -2.32. The van der Waals surface area contributed by atoms with E-state index in [0.717, 1.165) is 0 Å². The fourth-order valence-corrected chi connectivity index (χ4v) is 1.74. The van der Waals surface area contributed by atoms with Crippen molar-refractivity contribution in [1.29, 1.82) is 0 Å². The number of hydrogen-bond acceptors (Lipinski definition) is 4. The summed E-state index contributed by atoms with van der Waals surface area (Å²) in [5.74, 6) is -0.331. The minimum Gasteiger partial charge on any atom is -0.346 e. The molecule has 1 spiro atoms. The Balaban J connectivity index is 2.01. The van der Waals surface area contributed by atoms with Crippen molar-refractivity contribution in [2.24, 2.45) is 0 Å². The van der Waals surface area contributed by atoms with E-state index in [1.807, 2.05) is 0 Å². The third-order valence-corrected chi connectivity index (χ3v) is 2.44. The average molecular weight is 171 g/mol. The predicted octanol–water partition coefficient (Wildman–Crippen LogP) is -0.320. The molecule has 0 saturated carbocycles. The molecule has 2 fully saturated rings. The summed E-state index contributed by atoms with van der Waals surface area (Å²) in [6, 6.07) is -0.0805. The van der Waals surface area contributed by atoms with E-state index in [0.29, 0.717) is 26.2 Å². The van der Waals surface area contributed by atoms with Crippen molar-refractivity contribution < 1.29 is 14.3 Å². The van der Waals surface area contributed by atoms with Crippen LogP contribution in [0.4, 0.5) is 0 Å². The zero-order valence-electron chi connectivity index (χ0n) is 7.13. The quantitative estimate of drug-likeness (QED) is 0.587. The number of Topliss-reactive ketones (excluding diaryl/α,β-unsaturated/α-hetero) is 1. The first-order valence-corrected chi connectivity index (χ1v) is 4.24. The molecule has 0 aromatic carbocycles. The van der Waals surface area contributed by atoms with Gasteiger partial charge in [0.2, 0.25) is 0 Å². The van der Waals surface area contributed by atoms with Gasteiger partial charge in [-0.15, -0.1) is 0 Å². The maximum absolute atomic E-state index is 11.0. The van der Waals surface area contributed by atoms with Crippen molar-refractivity contribution in [3.8, 4) is 0 Å². The van der Waals surface area contributed by atoms with E-state index in [-0.39, 0.29) is 11.8 Å². The summed E-state index contributed by atoms with van der Waals surface area (Å²) in [7, 11) is 0. The first kappa shape index (κ1) is 8.16. The van der Waals surface area contributed by atoms with Crippen LogP contribution in [0.3, 0.4) is 0 Å². The fourth-order valence-electron chi connectivity index (χ4n) is 1.74. The molecule has 0 unspecified atom stereocenters. The normalized spacial score (nSPS) is 32.9. The second-order valence-electron chi connectivity index (χ2n) is 3.36. The van der Waals surface area contributed by atoms with Crippen LogP contribution in [0.15, 0.2) is 0 Å². The molecule has 2 rings (SSSR count). The maximum Gasteiger partial charge on any atom is 0.182 e. The van der Waals surface area contributed by atoms with Crippen molar-refractivity contribution in [2.75, 3.05) is 19.8 Å². The maximum atomic E-state index is 11.0.